The molecule has 1 aromatic heterocycles. The van der Waals surface area contributed by atoms with E-state index in [-0.39, 0.29) is 13.0 Å². The van der Waals surface area contributed by atoms with Gasteiger partial charge in [0.15, 0.2) is 0 Å². The van der Waals surface area contributed by atoms with Crippen LogP contribution in [-0.2, 0) is 20.9 Å². The van der Waals surface area contributed by atoms with Crippen molar-refractivity contribution in [2.75, 3.05) is 6.54 Å². The summed E-state index contributed by atoms with van der Waals surface area (Å²) in [4.78, 5) is 35.1. The second-order valence-electron chi connectivity index (χ2n) is 7.28. The average molecular weight is 375 g/mol. The Labute approximate surface area is 157 Å². The molecule has 146 valence electrons. The fourth-order valence-electron chi connectivity index (χ4n) is 2.42. The summed E-state index contributed by atoms with van der Waals surface area (Å²) in [6, 6.07) is 6.83. The highest BCUT2D eigenvalue weighted by Crippen LogP contribution is 2.19. The van der Waals surface area contributed by atoms with Crippen LogP contribution in [0.4, 0.5) is 4.79 Å². The topological polar surface area (TPSA) is 94.8 Å². The summed E-state index contributed by atoms with van der Waals surface area (Å²) < 4.78 is 15.5. The predicted molar refractivity (Wildman–Crippen MR) is 100 cm³/mol. The van der Waals surface area contributed by atoms with E-state index in [4.69, 9.17) is 13.9 Å². The van der Waals surface area contributed by atoms with E-state index in [9.17, 15) is 14.4 Å². The van der Waals surface area contributed by atoms with Gasteiger partial charge in [-0.25, -0.2) is 9.59 Å². The number of alkyl carbamates (subject to hydrolysis) is 1. The largest absolute Gasteiger partial charge is 0.461 e. The molecule has 7 nitrogen and oxygen atoms in total. The van der Waals surface area contributed by atoms with Crippen LogP contribution in [0.15, 0.2) is 33.5 Å². The molecule has 7 heteroatoms. The molecule has 2 rings (SSSR count). The maximum atomic E-state index is 11.9. The third kappa shape index (κ3) is 6.77. The Morgan fingerprint density at radius 1 is 1.19 bits per heavy atom. The first-order valence-corrected chi connectivity index (χ1v) is 8.80. The van der Waals surface area contributed by atoms with Gasteiger partial charge in [0.1, 0.15) is 17.8 Å². The number of esters is 1. The fourth-order valence-corrected chi connectivity index (χ4v) is 2.42. The molecule has 0 spiro atoms. The molecule has 27 heavy (non-hydrogen) atoms. The molecule has 0 bridgehead atoms. The van der Waals surface area contributed by atoms with E-state index in [0.29, 0.717) is 24.1 Å². The van der Waals surface area contributed by atoms with Gasteiger partial charge in [-0.15, -0.1) is 0 Å². The Balaban J connectivity index is 1.82. The number of ether oxygens (including phenoxy) is 2. The molecule has 0 aliphatic carbocycles. The molecule has 0 atom stereocenters. The molecule has 2 aromatic rings. The highest BCUT2D eigenvalue weighted by molar-refractivity contribution is 5.81. The fraction of sp³-hybridized carbons (Fsp3) is 0.450. The molecular weight excluding hydrogens is 350 g/mol. The summed E-state index contributed by atoms with van der Waals surface area (Å²) in [5, 5.41) is 3.32. The Bertz CT molecular complexity index is 878. The summed E-state index contributed by atoms with van der Waals surface area (Å²) in [5.74, 6) is -0.408. The molecule has 1 aromatic carbocycles. The van der Waals surface area contributed by atoms with Gasteiger partial charge in [0.2, 0.25) is 0 Å². The Kier molecular flexibility index (Phi) is 6.60. The van der Waals surface area contributed by atoms with Crippen molar-refractivity contribution < 1.29 is 23.5 Å². The minimum absolute atomic E-state index is 0.0104. The molecule has 1 amide bonds. The number of fused-ring (bicyclic) bond motifs is 1. The molecule has 0 aliphatic heterocycles. The van der Waals surface area contributed by atoms with Crippen molar-refractivity contribution in [2.45, 2.75) is 52.7 Å². The average Bonchev–Trinajstić information content (AvgIpc) is 2.54. The highest BCUT2D eigenvalue weighted by Gasteiger charge is 2.15. The van der Waals surface area contributed by atoms with Crippen molar-refractivity contribution in [2.24, 2.45) is 0 Å². The van der Waals surface area contributed by atoms with Crippen molar-refractivity contribution >= 4 is 23.0 Å². The summed E-state index contributed by atoms with van der Waals surface area (Å²) in [6.07, 6.45) is 0.0529. The van der Waals surface area contributed by atoms with Crippen LogP contribution in [0, 0.1) is 6.92 Å². The molecule has 1 heterocycles. The zero-order valence-corrected chi connectivity index (χ0v) is 16.1. The maximum Gasteiger partial charge on any atom is 0.407 e. The predicted octanol–water partition coefficient (Wildman–Crippen LogP) is 3.45. The minimum Gasteiger partial charge on any atom is -0.461 e. The van der Waals surface area contributed by atoms with E-state index < -0.39 is 23.3 Å². The number of aryl methyl sites for hydroxylation is 1. The summed E-state index contributed by atoms with van der Waals surface area (Å²) in [5.41, 5.74) is 0.988. The maximum absolute atomic E-state index is 11.9. The highest BCUT2D eigenvalue weighted by atomic mass is 16.6. The van der Waals surface area contributed by atoms with Crippen LogP contribution in [0.1, 0.15) is 44.7 Å². The second-order valence-corrected chi connectivity index (χ2v) is 7.28. The van der Waals surface area contributed by atoms with Gasteiger partial charge >= 0.3 is 17.7 Å². The SMILES string of the molecule is Cc1ccc2c(COC(=O)CCCNC(=O)OC(C)(C)C)cc(=O)oc2c1. The van der Waals surface area contributed by atoms with Gasteiger partial charge in [-0.2, -0.15) is 0 Å². The number of hydrogen-bond donors (Lipinski definition) is 1. The summed E-state index contributed by atoms with van der Waals surface area (Å²) in [6.45, 7) is 7.53. The van der Waals surface area contributed by atoms with Gasteiger partial charge in [-0.05, 0) is 45.7 Å². The number of carbonyl (C=O) groups excluding carboxylic acids is 2. The quantitative estimate of drug-likeness (QED) is 0.472. The van der Waals surface area contributed by atoms with E-state index >= 15 is 0 Å². The minimum atomic E-state index is -0.563. The molecule has 0 saturated heterocycles. The van der Waals surface area contributed by atoms with Gasteiger partial charge in [0.05, 0.1) is 0 Å². The number of hydrogen-bond acceptors (Lipinski definition) is 6. The van der Waals surface area contributed by atoms with E-state index in [2.05, 4.69) is 5.32 Å². The Hall–Kier alpha value is -2.83. The van der Waals surface area contributed by atoms with Gasteiger partial charge < -0.3 is 19.2 Å². The first-order chi connectivity index (χ1) is 12.6. The van der Waals surface area contributed by atoms with E-state index in [1.807, 2.05) is 19.1 Å². The van der Waals surface area contributed by atoms with Crippen LogP contribution in [0.25, 0.3) is 11.0 Å². The number of carbonyl (C=O) groups is 2. The van der Waals surface area contributed by atoms with Gasteiger partial charge in [0.25, 0.3) is 0 Å². The first kappa shape index (κ1) is 20.5. The van der Waals surface area contributed by atoms with Crippen molar-refractivity contribution in [3.05, 3.63) is 45.8 Å². The number of amides is 1. The second kappa shape index (κ2) is 8.70. The van der Waals surface area contributed by atoms with E-state index in [0.717, 1.165) is 10.9 Å². The lowest BCUT2D eigenvalue weighted by Gasteiger charge is -2.19. The third-order valence-electron chi connectivity index (χ3n) is 3.60. The Morgan fingerprint density at radius 2 is 1.93 bits per heavy atom. The third-order valence-corrected chi connectivity index (χ3v) is 3.60. The monoisotopic (exact) mass is 375 g/mol. The van der Waals surface area contributed by atoms with Gasteiger partial charge in [0, 0.05) is 30.0 Å². The van der Waals surface area contributed by atoms with Crippen molar-refractivity contribution in [3.63, 3.8) is 0 Å². The van der Waals surface area contributed by atoms with Crippen molar-refractivity contribution in [1.29, 1.82) is 0 Å². The van der Waals surface area contributed by atoms with Crippen LogP contribution in [0.2, 0.25) is 0 Å². The number of nitrogens with one attached hydrogen (secondary N) is 1. The van der Waals surface area contributed by atoms with Crippen LogP contribution in [0.3, 0.4) is 0 Å². The molecule has 1 N–H and O–H groups in total. The molecular formula is C20H25NO6. The molecule has 0 fully saturated rings. The first-order valence-electron chi connectivity index (χ1n) is 8.80. The summed E-state index contributed by atoms with van der Waals surface area (Å²) >= 11 is 0. The molecule has 0 unspecified atom stereocenters. The zero-order chi connectivity index (χ0) is 20.0. The lowest BCUT2D eigenvalue weighted by Crippen LogP contribution is -2.33. The smallest absolute Gasteiger partial charge is 0.407 e. The van der Waals surface area contributed by atoms with E-state index in [1.165, 1.54) is 6.07 Å². The van der Waals surface area contributed by atoms with Crippen LogP contribution >= 0.6 is 0 Å². The standard InChI is InChI=1S/C20H25NO6/c1-13-7-8-15-14(11-18(23)26-16(15)10-13)12-25-17(22)6-5-9-21-19(24)27-20(2,3)4/h7-8,10-11H,5-6,9,12H2,1-4H3,(H,21,24). The number of rotatable bonds is 6. The van der Waals surface area contributed by atoms with Crippen LogP contribution < -0.4 is 10.9 Å². The van der Waals surface area contributed by atoms with E-state index in [1.54, 1.807) is 26.8 Å². The van der Waals surface area contributed by atoms with Crippen LogP contribution in [-0.4, -0.2) is 24.2 Å². The molecule has 0 aliphatic rings. The van der Waals surface area contributed by atoms with Gasteiger partial charge in [-0.1, -0.05) is 12.1 Å². The molecule has 0 saturated carbocycles. The lowest BCUT2D eigenvalue weighted by molar-refractivity contribution is -0.145. The number of benzene rings is 1. The van der Waals surface area contributed by atoms with Crippen molar-refractivity contribution in [1.82, 2.24) is 5.32 Å². The molecule has 0 radical (unpaired) electrons. The van der Waals surface area contributed by atoms with Gasteiger partial charge in [-0.3, -0.25) is 4.79 Å². The Morgan fingerprint density at radius 3 is 2.63 bits per heavy atom. The lowest BCUT2D eigenvalue weighted by atomic mass is 10.1. The normalized spacial score (nSPS) is 11.3. The van der Waals surface area contributed by atoms with Crippen molar-refractivity contribution in [3.8, 4) is 0 Å². The zero-order valence-electron chi connectivity index (χ0n) is 16.1. The summed E-state index contributed by atoms with van der Waals surface area (Å²) in [7, 11) is 0. The van der Waals surface area contributed by atoms with Crippen LogP contribution in [0.5, 0.6) is 0 Å².